The topological polar surface area (TPSA) is 54.4 Å². The number of carbonyl (C=O) groups excluding carboxylic acids is 1. The van der Waals surface area contributed by atoms with Crippen LogP contribution in [0.5, 0.6) is 0 Å². The monoisotopic (exact) mass is 252 g/mol. The highest BCUT2D eigenvalue weighted by Crippen LogP contribution is 2.44. The molecule has 2 aliphatic rings. The number of aliphatic carboxylic acids is 1. The molecule has 18 heavy (non-hydrogen) atoms. The van der Waals surface area contributed by atoms with E-state index in [0.29, 0.717) is 18.8 Å². The summed E-state index contributed by atoms with van der Waals surface area (Å²) >= 11 is 0. The van der Waals surface area contributed by atoms with Gasteiger partial charge in [0.05, 0.1) is 5.41 Å². The number of carboxylic acids is 1. The maximum absolute atomic E-state index is 12.1. The third-order valence-electron chi connectivity index (χ3n) is 5.06. The minimum absolute atomic E-state index is 0.191. The molecular weight excluding hydrogens is 228 g/mol. The molecule has 2 unspecified atom stereocenters. The predicted octanol–water partition coefficient (Wildman–Crippen LogP) is 3.42. The van der Waals surface area contributed by atoms with Gasteiger partial charge in [0.25, 0.3) is 0 Å². The Kier molecular flexibility index (Phi) is 4.08. The molecule has 3 heteroatoms. The number of carboxylic acid groups (broad SMARTS) is 1. The first-order chi connectivity index (χ1) is 8.54. The molecule has 2 saturated carbocycles. The highest BCUT2D eigenvalue weighted by atomic mass is 16.4. The van der Waals surface area contributed by atoms with E-state index < -0.39 is 11.4 Å². The number of ketones is 1. The maximum Gasteiger partial charge on any atom is 0.310 e. The summed E-state index contributed by atoms with van der Waals surface area (Å²) in [5.74, 6) is -0.260. The average Bonchev–Trinajstić information content (AvgIpc) is 2.35. The van der Waals surface area contributed by atoms with Gasteiger partial charge in [-0.25, -0.2) is 0 Å². The molecule has 2 rings (SSSR count). The Morgan fingerprint density at radius 3 is 2.56 bits per heavy atom. The molecule has 3 nitrogen and oxygen atoms in total. The SMILES string of the molecule is CC1(C(=O)O)CCCC(=O)C1CC1CCCCC1. The molecule has 0 spiro atoms. The number of Topliss-reactive ketones (excluding diaryl/α,β-unsaturated/α-hetero) is 1. The highest BCUT2D eigenvalue weighted by molar-refractivity contribution is 5.89. The quantitative estimate of drug-likeness (QED) is 0.837. The lowest BCUT2D eigenvalue weighted by molar-refractivity contribution is -0.158. The van der Waals surface area contributed by atoms with Gasteiger partial charge in [-0.05, 0) is 32.1 Å². The summed E-state index contributed by atoms with van der Waals surface area (Å²) in [5.41, 5.74) is -0.813. The average molecular weight is 252 g/mol. The van der Waals surface area contributed by atoms with Gasteiger partial charge in [-0.3, -0.25) is 9.59 Å². The standard InChI is InChI=1S/C15H24O3/c1-15(14(17)18)9-5-8-13(16)12(15)10-11-6-3-2-4-7-11/h11-12H,2-10H2,1H3,(H,17,18). The summed E-state index contributed by atoms with van der Waals surface area (Å²) in [5, 5.41) is 9.46. The fourth-order valence-corrected chi connectivity index (χ4v) is 3.74. The van der Waals surface area contributed by atoms with Gasteiger partial charge in [-0.15, -0.1) is 0 Å². The van der Waals surface area contributed by atoms with Crippen molar-refractivity contribution < 1.29 is 14.7 Å². The van der Waals surface area contributed by atoms with Gasteiger partial charge in [-0.2, -0.15) is 0 Å². The summed E-state index contributed by atoms with van der Waals surface area (Å²) in [6.07, 6.45) is 8.94. The zero-order valence-corrected chi connectivity index (χ0v) is 11.3. The number of hydrogen-bond donors (Lipinski definition) is 1. The second-order valence-electron chi connectivity index (χ2n) is 6.33. The first kappa shape index (κ1) is 13.6. The van der Waals surface area contributed by atoms with Crippen LogP contribution < -0.4 is 0 Å². The number of hydrogen-bond acceptors (Lipinski definition) is 2. The van der Waals surface area contributed by atoms with E-state index in [4.69, 9.17) is 0 Å². The smallest absolute Gasteiger partial charge is 0.310 e. The molecule has 0 heterocycles. The summed E-state index contributed by atoms with van der Waals surface area (Å²) < 4.78 is 0. The van der Waals surface area contributed by atoms with Crippen molar-refractivity contribution in [3.05, 3.63) is 0 Å². The van der Waals surface area contributed by atoms with Crippen molar-refractivity contribution in [3.63, 3.8) is 0 Å². The minimum Gasteiger partial charge on any atom is -0.481 e. The summed E-state index contributed by atoms with van der Waals surface area (Å²) in [6.45, 7) is 1.78. The van der Waals surface area contributed by atoms with Crippen LogP contribution in [-0.4, -0.2) is 16.9 Å². The van der Waals surface area contributed by atoms with Crippen LogP contribution in [0.25, 0.3) is 0 Å². The van der Waals surface area contributed by atoms with E-state index in [2.05, 4.69) is 0 Å². The van der Waals surface area contributed by atoms with Crippen LogP contribution in [0.2, 0.25) is 0 Å². The molecule has 0 saturated heterocycles. The van der Waals surface area contributed by atoms with Crippen LogP contribution in [0.1, 0.15) is 64.7 Å². The van der Waals surface area contributed by atoms with Crippen molar-refractivity contribution in [3.8, 4) is 0 Å². The van der Waals surface area contributed by atoms with E-state index in [1.807, 2.05) is 0 Å². The van der Waals surface area contributed by atoms with Crippen LogP contribution in [0.4, 0.5) is 0 Å². The normalized spacial score (nSPS) is 34.5. The van der Waals surface area contributed by atoms with Crippen molar-refractivity contribution in [2.45, 2.75) is 64.7 Å². The Bertz CT molecular complexity index is 331. The number of carbonyl (C=O) groups is 2. The van der Waals surface area contributed by atoms with Crippen molar-refractivity contribution in [1.82, 2.24) is 0 Å². The second-order valence-corrected chi connectivity index (χ2v) is 6.33. The third-order valence-corrected chi connectivity index (χ3v) is 5.06. The van der Waals surface area contributed by atoms with Gasteiger partial charge >= 0.3 is 5.97 Å². The van der Waals surface area contributed by atoms with Gasteiger partial charge < -0.3 is 5.11 Å². The number of rotatable bonds is 3. The lowest BCUT2D eigenvalue weighted by Crippen LogP contribution is -2.44. The van der Waals surface area contributed by atoms with E-state index in [1.165, 1.54) is 32.1 Å². The zero-order chi connectivity index (χ0) is 13.2. The van der Waals surface area contributed by atoms with Gasteiger partial charge in [0.15, 0.2) is 0 Å². The van der Waals surface area contributed by atoms with Crippen LogP contribution in [-0.2, 0) is 9.59 Å². The van der Waals surface area contributed by atoms with E-state index in [1.54, 1.807) is 6.92 Å². The largest absolute Gasteiger partial charge is 0.481 e. The highest BCUT2D eigenvalue weighted by Gasteiger charge is 2.47. The van der Waals surface area contributed by atoms with Crippen molar-refractivity contribution in [1.29, 1.82) is 0 Å². The summed E-state index contributed by atoms with van der Waals surface area (Å²) in [7, 11) is 0. The van der Waals surface area contributed by atoms with Crippen molar-refractivity contribution in [2.75, 3.05) is 0 Å². The molecule has 0 bridgehead atoms. The Labute approximate surface area is 109 Å². The van der Waals surface area contributed by atoms with Gasteiger partial charge in [0.1, 0.15) is 5.78 Å². The van der Waals surface area contributed by atoms with Crippen LogP contribution in [0.15, 0.2) is 0 Å². The first-order valence-electron chi connectivity index (χ1n) is 7.30. The van der Waals surface area contributed by atoms with E-state index >= 15 is 0 Å². The van der Waals surface area contributed by atoms with Crippen LogP contribution in [0, 0.1) is 17.3 Å². The van der Waals surface area contributed by atoms with Crippen molar-refractivity contribution in [2.24, 2.45) is 17.3 Å². The fraction of sp³-hybridized carbons (Fsp3) is 0.867. The van der Waals surface area contributed by atoms with Crippen LogP contribution in [0.3, 0.4) is 0 Å². The summed E-state index contributed by atoms with van der Waals surface area (Å²) in [4.78, 5) is 23.6. The first-order valence-corrected chi connectivity index (χ1v) is 7.30. The lowest BCUT2D eigenvalue weighted by Gasteiger charge is -2.39. The molecule has 0 aromatic carbocycles. The van der Waals surface area contributed by atoms with E-state index in [9.17, 15) is 14.7 Å². The summed E-state index contributed by atoms with van der Waals surface area (Å²) in [6, 6.07) is 0. The Morgan fingerprint density at radius 2 is 1.94 bits per heavy atom. The predicted molar refractivity (Wildman–Crippen MR) is 69.3 cm³/mol. The molecule has 0 aromatic rings. The maximum atomic E-state index is 12.1. The van der Waals surface area contributed by atoms with Crippen LogP contribution >= 0.6 is 0 Å². The molecule has 102 valence electrons. The molecule has 2 atom stereocenters. The van der Waals surface area contributed by atoms with Gasteiger partial charge in [0, 0.05) is 12.3 Å². The molecule has 0 aromatic heterocycles. The van der Waals surface area contributed by atoms with Gasteiger partial charge in [0.2, 0.25) is 0 Å². The molecular formula is C15H24O3. The molecule has 0 aliphatic heterocycles. The van der Waals surface area contributed by atoms with E-state index in [0.717, 1.165) is 12.8 Å². The lowest BCUT2D eigenvalue weighted by atomic mass is 9.63. The zero-order valence-electron chi connectivity index (χ0n) is 11.3. The molecule has 2 fully saturated rings. The van der Waals surface area contributed by atoms with Gasteiger partial charge in [-0.1, -0.05) is 32.1 Å². The Hall–Kier alpha value is -0.860. The molecule has 0 amide bonds. The van der Waals surface area contributed by atoms with E-state index in [-0.39, 0.29) is 11.7 Å². The molecule has 0 radical (unpaired) electrons. The third kappa shape index (κ3) is 2.60. The Morgan fingerprint density at radius 1 is 1.28 bits per heavy atom. The molecule has 1 N–H and O–H groups in total. The second kappa shape index (κ2) is 5.41. The molecule has 2 aliphatic carbocycles. The fourth-order valence-electron chi connectivity index (χ4n) is 3.74. The van der Waals surface area contributed by atoms with Crippen molar-refractivity contribution >= 4 is 11.8 Å². The Balaban J connectivity index is 2.09. The minimum atomic E-state index is -0.813.